The van der Waals surface area contributed by atoms with E-state index in [-0.39, 0.29) is 11.9 Å². The van der Waals surface area contributed by atoms with E-state index < -0.39 is 0 Å². The molecule has 186 valence electrons. The van der Waals surface area contributed by atoms with Crippen molar-refractivity contribution in [2.75, 3.05) is 20.8 Å². The highest BCUT2D eigenvalue weighted by Gasteiger charge is 2.32. The summed E-state index contributed by atoms with van der Waals surface area (Å²) in [5.41, 5.74) is 5.54. The van der Waals surface area contributed by atoms with Gasteiger partial charge in [0.25, 0.3) is 0 Å². The van der Waals surface area contributed by atoms with Gasteiger partial charge in [-0.05, 0) is 53.6 Å². The second kappa shape index (κ2) is 9.46. The zero-order chi connectivity index (χ0) is 25.4. The van der Waals surface area contributed by atoms with Crippen molar-refractivity contribution in [2.45, 2.75) is 12.5 Å². The molecule has 0 saturated carbocycles. The fourth-order valence-corrected chi connectivity index (χ4v) is 4.80. The number of methoxy groups -OCH3 is 2. The van der Waals surface area contributed by atoms with Gasteiger partial charge in [0, 0.05) is 36.5 Å². The van der Waals surface area contributed by atoms with E-state index in [0.29, 0.717) is 36.1 Å². The number of amidine groups is 1. The van der Waals surface area contributed by atoms with E-state index in [2.05, 4.69) is 22.5 Å². The maximum absolute atomic E-state index is 13.7. The lowest BCUT2D eigenvalue weighted by molar-refractivity contribution is 0.315. The first-order valence-corrected chi connectivity index (χ1v) is 12.0. The highest BCUT2D eigenvalue weighted by molar-refractivity contribution is 6.06. The molecule has 37 heavy (non-hydrogen) atoms. The zero-order valence-corrected chi connectivity index (χ0v) is 20.4. The third kappa shape index (κ3) is 4.20. The van der Waals surface area contributed by atoms with Gasteiger partial charge in [-0.3, -0.25) is 4.99 Å². The van der Waals surface area contributed by atoms with Crippen molar-refractivity contribution in [1.82, 2.24) is 15.1 Å². The number of nitrogens with zero attached hydrogens (tertiary/aromatic N) is 3. The molecule has 7 nitrogen and oxygen atoms in total. The maximum atomic E-state index is 13.7. The molecule has 4 aromatic rings. The van der Waals surface area contributed by atoms with Crippen molar-refractivity contribution in [2.24, 2.45) is 4.99 Å². The number of halogens is 1. The normalized spacial score (nSPS) is 16.5. The van der Waals surface area contributed by atoms with Crippen LogP contribution in [0.2, 0.25) is 0 Å². The van der Waals surface area contributed by atoms with Gasteiger partial charge < -0.3 is 19.5 Å². The molecule has 0 radical (unpaired) electrons. The first-order valence-electron chi connectivity index (χ1n) is 12.0. The van der Waals surface area contributed by atoms with Crippen LogP contribution in [0.1, 0.15) is 29.2 Å². The van der Waals surface area contributed by atoms with Crippen LogP contribution < -0.4 is 19.5 Å². The molecule has 8 heteroatoms. The Labute approximate surface area is 213 Å². The third-order valence-corrected chi connectivity index (χ3v) is 6.62. The molecule has 1 unspecified atom stereocenters. The van der Waals surface area contributed by atoms with Crippen LogP contribution in [0.3, 0.4) is 0 Å². The minimum Gasteiger partial charge on any atom is -0.496 e. The molecule has 2 aliphatic rings. The molecule has 0 aliphatic carbocycles. The molecule has 1 atom stereocenters. The van der Waals surface area contributed by atoms with Gasteiger partial charge in [-0.1, -0.05) is 12.1 Å². The van der Waals surface area contributed by atoms with Crippen LogP contribution in [0.4, 0.5) is 4.39 Å². The predicted octanol–water partition coefficient (Wildman–Crippen LogP) is 5.31. The van der Waals surface area contributed by atoms with Gasteiger partial charge in [0.2, 0.25) is 0 Å². The SMILES string of the molecule is COc1cc(OC)c2c(c1)OCCC1=C2NC(c2ccc(F)cc2)=NC1c1ccc(-n2cccn2)cc1. The summed E-state index contributed by atoms with van der Waals surface area (Å²) in [6, 6.07) is 19.9. The standard InChI is InChI=1S/C29H25FN4O3/c1-35-22-16-24(36-2)26-25(17-22)37-15-12-23-27(18-6-10-21(11-7-18)34-14-3-13-31-34)32-29(33-28(23)26)19-4-8-20(30)9-5-19/h3-11,13-14,16-17,27H,12,15H2,1-2H3,(H,32,33). The lowest BCUT2D eigenvalue weighted by Gasteiger charge is -2.29. The number of hydrogen-bond donors (Lipinski definition) is 1. The van der Waals surface area contributed by atoms with E-state index in [9.17, 15) is 4.39 Å². The lowest BCUT2D eigenvalue weighted by Crippen LogP contribution is -2.30. The second-order valence-corrected chi connectivity index (χ2v) is 8.76. The number of rotatable bonds is 5. The zero-order valence-electron chi connectivity index (χ0n) is 20.4. The lowest BCUT2D eigenvalue weighted by atomic mass is 9.90. The first-order chi connectivity index (χ1) is 18.1. The van der Waals surface area contributed by atoms with Crippen LogP contribution in [0.5, 0.6) is 17.2 Å². The van der Waals surface area contributed by atoms with Crippen LogP contribution in [0.15, 0.2) is 89.7 Å². The second-order valence-electron chi connectivity index (χ2n) is 8.76. The fourth-order valence-electron chi connectivity index (χ4n) is 4.80. The largest absolute Gasteiger partial charge is 0.496 e. The number of fused-ring (bicyclic) bond motifs is 2. The van der Waals surface area contributed by atoms with Gasteiger partial charge in [-0.25, -0.2) is 9.07 Å². The summed E-state index contributed by atoms with van der Waals surface area (Å²) in [5, 5.41) is 7.85. The molecular formula is C29H25FN4O3. The highest BCUT2D eigenvalue weighted by atomic mass is 19.1. The van der Waals surface area contributed by atoms with Crippen LogP contribution in [-0.2, 0) is 0 Å². The Kier molecular flexibility index (Phi) is 5.84. The molecule has 3 aromatic carbocycles. The molecule has 1 aromatic heterocycles. The highest BCUT2D eigenvalue weighted by Crippen LogP contribution is 2.46. The summed E-state index contributed by atoms with van der Waals surface area (Å²) in [6.07, 6.45) is 4.32. The monoisotopic (exact) mass is 496 g/mol. The Morgan fingerprint density at radius 2 is 1.84 bits per heavy atom. The van der Waals surface area contributed by atoms with Gasteiger partial charge in [0.15, 0.2) is 0 Å². The molecule has 6 rings (SSSR count). The van der Waals surface area contributed by atoms with Crippen molar-refractivity contribution in [3.63, 3.8) is 0 Å². The Morgan fingerprint density at radius 3 is 2.54 bits per heavy atom. The van der Waals surface area contributed by atoms with Crippen LogP contribution in [0, 0.1) is 5.82 Å². The van der Waals surface area contributed by atoms with Gasteiger partial charge in [-0.2, -0.15) is 5.10 Å². The van der Waals surface area contributed by atoms with Gasteiger partial charge in [-0.15, -0.1) is 0 Å². The predicted molar refractivity (Wildman–Crippen MR) is 139 cm³/mol. The van der Waals surface area contributed by atoms with E-state index in [4.69, 9.17) is 19.2 Å². The minimum atomic E-state index is -0.298. The summed E-state index contributed by atoms with van der Waals surface area (Å²) in [7, 11) is 3.24. The number of ether oxygens (including phenoxy) is 3. The fraction of sp³-hybridized carbons (Fsp3) is 0.172. The molecule has 0 fully saturated rings. The van der Waals surface area contributed by atoms with E-state index in [1.807, 2.05) is 41.2 Å². The average molecular weight is 497 g/mol. The molecule has 0 bridgehead atoms. The van der Waals surface area contributed by atoms with Crippen LogP contribution >= 0.6 is 0 Å². The molecule has 2 aliphatic heterocycles. The van der Waals surface area contributed by atoms with E-state index in [0.717, 1.165) is 33.6 Å². The van der Waals surface area contributed by atoms with Crippen molar-refractivity contribution in [1.29, 1.82) is 0 Å². The number of benzene rings is 3. The molecular weight excluding hydrogens is 471 g/mol. The Hall–Kier alpha value is -4.59. The average Bonchev–Trinajstić information content (AvgIpc) is 3.41. The Balaban J connectivity index is 1.51. The van der Waals surface area contributed by atoms with E-state index in [1.165, 1.54) is 12.1 Å². The van der Waals surface area contributed by atoms with Crippen molar-refractivity contribution in [3.05, 3.63) is 107 Å². The smallest absolute Gasteiger partial charge is 0.136 e. The number of aromatic nitrogens is 2. The summed E-state index contributed by atoms with van der Waals surface area (Å²) in [5.74, 6) is 2.29. The topological polar surface area (TPSA) is 69.9 Å². The van der Waals surface area contributed by atoms with Crippen LogP contribution in [-0.4, -0.2) is 36.4 Å². The quantitative estimate of drug-likeness (QED) is 0.405. The van der Waals surface area contributed by atoms with Gasteiger partial charge >= 0.3 is 0 Å². The van der Waals surface area contributed by atoms with Gasteiger partial charge in [0.05, 0.1) is 37.8 Å². The molecule has 0 amide bonds. The number of nitrogens with one attached hydrogen (secondary N) is 1. The van der Waals surface area contributed by atoms with E-state index in [1.54, 1.807) is 32.5 Å². The Bertz CT molecular complexity index is 1490. The minimum absolute atomic E-state index is 0.274. The van der Waals surface area contributed by atoms with Crippen molar-refractivity contribution >= 4 is 11.5 Å². The van der Waals surface area contributed by atoms with Crippen molar-refractivity contribution < 1.29 is 18.6 Å². The third-order valence-electron chi connectivity index (χ3n) is 6.62. The molecule has 1 N–H and O–H groups in total. The summed E-state index contributed by atoms with van der Waals surface area (Å²) >= 11 is 0. The summed E-state index contributed by atoms with van der Waals surface area (Å²) in [4.78, 5) is 5.11. The number of hydrogen-bond acceptors (Lipinski definition) is 6. The number of aliphatic imine (C=N–C) groups is 1. The van der Waals surface area contributed by atoms with Gasteiger partial charge in [0.1, 0.15) is 34.9 Å². The van der Waals surface area contributed by atoms with Crippen molar-refractivity contribution in [3.8, 4) is 22.9 Å². The Morgan fingerprint density at radius 1 is 1.03 bits per heavy atom. The molecule has 0 spiro atoms. The molecule has 0 saturated heterocycles. The van der Waals surface area contributed by atoms with E-state index >= 15 is 0 Å². The first kappa shape index (κ1) is 22.8. The molecule has 3 heterocycles. The summed E-state index contributed by atoms with van der Waals surface area (Å²) < 4.78 is 33.0. The maximum Gasteiger partial charge on any atom is 0.136 e. The van der Waals surface area contributed by atoms with Crippen LogP contribution in [0.25, 0.3) is 11.4 Å². The summed E-state index contributed by atoms with van der Waals surface area (Å²) in [6.45, 7) is 0.479.